The molecule has 1 heterocycles. The van der Waals surface area contributed by atoms with Gasteiger partial charge in [0.25, 0.3) is 0 Å². The Morgan fingerprint density at radius 3 is 2.55 bits per heavy atom. The molecule has 170 valence electrons. The molecule has 4 fully saturated rings. The van der Waals surface area contributed by atoms with E-state index in [-0.39, 0.29) is 1.43 Å². The second-order valence-corrected chi connectivity index (χ2v) is 11.6. The van der Waals surface area contributed by atoms with Crippen LogP contribution in [0.15, 0.2) is 36.7 Å². The van der Waals surface area contributed by atoms with E-state index in [9.17, 15) is 0 Å². The fourth-order valence-corrected chi connectivity index (χ4v) is 9.16. The normalized spacial score (nSPS) is 41.5. The van der Waals surface area contributed by atoms with Crippen LogP contribution in [0.5, 0.6) is 0 Å². The van der Waals surface area contributed by atoms with Crippen molar-refractivity contribution in [2.45, 2.75) is 84.0 Å². The molecule has 4 saturated carbocycles. The van der Waals surface area contributed by atoms with Gasteiger partial charge in [-0.1, -0.05) is 38.8 Å². The average molecular weight is 421 g/mol. The zero-order valence-corrected chi connectivity index (χ0v) is 19.9. The van der Waals surface area contributed by atoms with Crippen LogP contribution in [-0.2, 0) is 0 Å². The first kappa shape index (κ1) is 21.4. The Hall–Kier alpha value is -1.41. The Morgan fingerprint density at radius 1 is 0.839 bits per heavy atom. The third-order valence-corrected chi connectivity index (χ3v) is 10.7. The molecule has 6 rings (SSSR count). The molecule has 7 atom stereocenters. The first-order valence-corrected chi connectivity index (χ1v) is 13.0. The van der Waals surface area contributed by atoms with Gasteiger partial charge in [-0.25, -0.2) is 0 Å². The Balaban J connectivity index is 0.000000796. The monoisotopic (exact) mass is 420 g/mol. The smallest absolute Gasteiger partial charge is 0.0346 e. The van der Waals surface area contributed by atoms with Gasteiger partial charge in [0.05, 0.1) is 0 Å². The summed E-state index contributed by atoms with van der Waals surface area (Å²) >= 11 is 0. The van der Waals surface area contributed by atoms with Crippen molar-refractivity contribution in [1.82, 2.24) is 4.98 Å². The van der Waals surface area contributed by atoms with Crippen molar-refractivity contribution in [1.29, 1.82) is 0 Å². The van der Waals surface area contributed by atoms with Crippen molar-refractivity contribution in [3.63, 3.8) is 0 Å². The minimum Gasteiger partial charge on any atom is -0.333 e. The van der Waals surface area contributed by atoms with Gasteiger partial charge >= 0.3 is 0 Å². The van der Waals surface area contributed by atoms with Crippen LogP contribution in [0, 0.1) is 34.5 Å². The first-order valence-electron chi connectivity index (χ1n) is 13.0. The molecular formula is C29H44N2. The standard InChI is InChI=1S/C28H37N.CH5N.H2/c1-27-14-4-3-5-22(27)8-9-23-25-11-10-24(28(25,2)15-12-26(23)27)20-7-6-19-13-16-29-18-21(19)17-20;1-2;/h6-7,13,16-18,22-26H,3-5,8-12,14-15H2,1-2H3;2H2,1H3;1H. The number of hydrogen-bond donors (Lipinski definition) is 1. The van der Waals surface area contributed by atoms with Crippen molar-refractivity contribution in [3.8, 4) is 0 Å². The van der Waals surface area contributed by atoms with Crippen LogP contribution >= 0.6 is 0 Å². The topological polar surface area (TPSA) is 38.9 Å². The molecule has 4 aliphatic carbocycles. The third-order valence-electron chi connectivity index (χ3n) is 10.7. The van der Waals surface area contributed by atoms with Gasteiger partial charge in [-0.2, -0.15) is 0 Å². The van der Waals surface area contributed by atoms with Crippen LogP contribution in [-0.4, -0.2) is 12.0 Å². The second kappa shape index (κ2) is 8.18. The molecule has 0 spiro atoms. The Kier molecular flexibility index (Phi) is 5.65. The lowest BCUT2D eigenvalue weighted by atomic mass is 9.44. The summed E-state index contributed by atoms with van der Waals surface area (Å²) in [5, 5.41) is 2.65. The lowest BCUT2D eigenvalue weighted by Gasteiger charge is -2.60. The summed E-state index contributed by atoms with van der Waals surface area (Å²) in [4.78, 5) is 4.38. The molecule has 2 N–H and O–H groups in total. The molecule has 4 aliphatic rings. The zero-order valence-electron chi connectivity index (χ0n) is 19.9. The van der Waals surface area contributed by atoms with Crippen LogP contribution in [0.25, 0.3) is 10.8 Å². The first-order chi connectivity index (χ1) is 15.1. The van der Waals surface area contributed by atoms with E-state index in [1.54, 1.807) is 5.56 Å². The Morgan fingerprint density at radius 2 is 1.68 bits per heavy atom. The maximum atomic E-state index is 4.50. The van der Waals surface area contributed by atoms with E-state index in [1.165, 1.54) is 82.0 Å². The van der Waals surface area contributed by atoms with Crippen molar-refractivity contribution >= 4 is 10.8 Å². The summed E-state index contributed by atoms with van der Waals surface area (Å²) in [6, 6.07) is 9.38. The summed E-state index contributed by atoms with van der Waals surface area (Å²) in [5.41, 5.74) is 7.26. The highest BCUT2D eigenvalue weighted by molar-refractivity contribution is 5.82. The summed E-state index contributed by atoms with van der Waals surface area (Å²) in [5.74, 6) is 4.75. The van der Waals surface area contributed by atoms with Gasteiger partial charge in [-0.15, -0.1) is 0 Å². The number of rotatable bonds is 1. The second-order valence-electron chi connectivity index (χ2n) is 11.6. The molecule has 2 heteroatoms. The van der Waals surface area contributed by atoms with Gasteiger partial charge in [0, 0.05) is 19.2 Å². The highest BCUT2D eigenvalue weighted by atomic mass is 14.6. The van der Waals surface area contributed by atoms with E-state index in [1.807, 2.05) is 6.20 Å². The quantitative estimate of drug-likeness (QED) is 0.516. The molecule has 2 nitrogen and oxygen atoms in total. The zero-order chi connectivity index (χ0) is 21.6. The summed E-state index contributed by atoms with van der Waals surface area (Å²) < 4.78 is 0. The van der Waals surface area contributed by atoms with Crippen molar-refractivity contribution < 1.29 is 1.43 Å². The van der Waals surface area contributed by atoms with Crippen molar-refractivity contribution in [2.75, 3.05) is 7.05 Å². The summed E-state index contributed by atoms with van der Waals surface area (Å²) in [6.07, 6.45) is 18.9. The molecule has 0 aliphatic heterocycles. The van der Waals surface area contributed by atoms with Crippen LogP contribution in [0.1, 0.15) is 91.0 Å². The molecule has 31 heavy (non-hydrogen) atoms. The SMILES string of the molecule is CC12CCCCC1CCC1C2CCC2(C)C(c3ccc4ccncc4c3)CCC12.CN.[HH]. The predicted molar refractivity (Wildman–Crippen MR) is 133 cm³/mol. The van der Waals surface area contributed by atoms with E-state index >= 15 is 0 Å². The number of aromatic nitrogens is 1. The van der Waals surface area contributed by atoms with Crippen molar-refractivity contribution in [3.05, 3.63) is 42.2 Å². The van der Waals surface area contributed by atoms with E-state index in [2.05, 4.69) is 55.0 Å². The van der Waals surface area contributed by atoms with E-state index in [0.717, 1.165) is 29.6 Å². The molecule has 7 unspecified atom stereocenters. The minimum absolute atomic E-state index is 0. The number of pyridine rings is 1. The number of nitrogens with two attached hydrogens (primary N) is 1. The van der Waals surface area contributed by atoms with Crippen molar-refractivity contribution in [2.24, 2.45) is 40.2 Å². The van der Waals surface area contributed by atoms with Gasteiger partial charge in [0.15, 0.2) is 0 Å². The Bertz CT molecular complexity index is 928. The molecular weight excluding hydrogens is 376 g/mol. The lowest BCUT2D eigenvalue weighted by molar-refractivity contribution is -0.105. The predicted octanol–water partition coefficient (Wildman–Crippen LogP) is 7.57. The highest BCUT2D eigenvalue weighted by Crippen LogP contribution is 2.69. The van der Waals surface area contributed by atoms with E-state index in [0.29, 0.717) is 10.8 Å². The summed E-state index contributed by atoms with van der Waals surface area (Å²) in [7, 11) is 1.50. The molecule has 0 amide bonds. The van der Waals surface area contributed by atoms with Crippen LogP contribution < -0.4 is 5.73 Å². The fraction of sp³-hybridized carbons (Fsp3) is 0.690. The van der Waals surface area contributed by atoms with Gasteiger partial charge in [0.2, 0.25) is 0 Å². The molecule has 0 radical (unpaired) electrons. The van der Waals surface area contributed by atoms with Gasteiger partial charge in [-0.05, 0) is 122 Å². The molecule has 1 aromatic carbocycles. The Labute approximate surface area is 190 Å². The van der Waals surface area contributed by atoms with E-state index < -0.39 is 0 Å². The molecule has 2 aromatic rings. The number of benzene rings is 1. The average Bonchev–Trinajstić information content (AvgIpc) is 3.17. The van der Waals surface area contributed by atoms with Crippen LogP contribution in [0.2, 0.25) is 0 Å². The van der Waals surface area contributed by atoms with Gasteiger partial charge in [0.1, 0.15) is 0 Å². The maximum Gasteiger partial charge on any atom is 0.0346 e. The van der Waals surface area contributed by atoms with Gasteiger partial charge in [-0.3, -0.25) is 4.98 Å². The summed E-state index contributed by atoms with van der Waals surface area (Å²) in [6.45, 7) is 5.38. The van der Waals surface area contributed by atoms with Gasteiger partial charge < -0.3 is 5.73 Å². The van der Waals surface area contributed by atoms with E-state index in [4.69, 9.17) is 0 Å². The highest BCUT2D eigenvalue weighted by Gasteiger charge is 2.59. The maximum absolute atomic E-state index is 4.50. The molecule has 1 aromatic heterocycles. The van der Waals surface area contributed by atoms with Crippen LogP contribution in [0.3, 0.4) is 0 Å². The number of hydrogen-bond acceptors (Lipinski definition) is 2. The number of nitrogens with zero attached hydrogens (tertiary/aromatic N) is 1. The molecule has 0 bridgehead atoms. The molecule has 0 saturated heterocycles. The third kappa shape index (κ3) is 3.27. The fourth-order valence-electron chi connectivity index (χ4n) is 9.16. The minimum atomic E-state index is 0. The number of fused-ring (bicyclic) bond motifs is 6. The lowest BCUT2D eigenvalue weighted by Crippen LogP contribution is -2.52. The van der Waals surface area contributed by atoms with Crippen LogP contribution in [0.4, 0.5) is 0 Å². The largest absolute Gasteiger partial charge is 0.333 e.